The highest BCUT2D eigenvalue weighted by molar-refractivity contribution is 6.07. The number of amides is 1. The smallest absolute Gasteiger partial charge is 0.251 e. The van der Waals surface area contributed by atoms with E-state index in [-0.39, 0.29) is 11.7 Å². The molecule has 28 heavy (non-hydrogen) atoms. The molecule has 5 heteroatoms. The first-order chi connectivity index (χ1) is 13.8. The van der Waals surface area contributed by atoms with E-state index in [1.807, 2.05) is 6.07 Å². The molecule has 0 radical (unpaired) electrons. The zero-order chi connectivity index (χ0) is 19.6. The molecule has 0 spiro atoms. The first-order valence-corrected chi connectivity index (χ1v) is 10.7. The predicted molar refractivity (Wildman–Crippen MR) is 113 cm³/mol. The number of fused-ring (bicyclic) bond motifs is 1. The fourth-order valence-electron chi connectivity index (χ4n) is 3.93. The Bertz CT molecular complexity index is 759. The Hall–Kier alpha value is -1.98. The molecule has 3 N–H and O–H groups in total. The van der Waals surface area contributed by atoms with Gasteiger partial charge in [-0.1, -0.05) is 43.5 Å². The summed E-state index contributed by atoms with van der Waals surface area (Å²) in [7, 11) is 0. The number of halogens is 1. The highest BCUT2D eigenvalue weighted by atomic mass is 19.1. The van der Waals surface area contributed by atoms with Crippen molar-refractivity contribution in [2.45, 2.75) is 51.0 Å². The summed E-state index contributed by atoms with van der Waals surface area (Å²) in [6.45, 7) is 3.61. The Morgan fingerprint density at radius 3 is 2.46 bits per heavy atom. The predicted octanol–water partition coefficient (Wildman–Crippen LogP) is 4.00. The zero-order valence-electron chi connectivity index (χ0n) is 16.6. The van der Waals surface area contributed by atoms with E-state index in [0.717, 1.165) is 32.5 Å². The number of nitrogens with one attached hydrogen (secondary N) is 3. The number of carbonyl (C=O) groups excluding carboxylic acids is 1. The van der Waals surface area contributed by atoms with Crippen molar-refractivity contribution in [3.8, 4) is 0 Å². The third kappa shape index (κ3) is 6.01. The minimum atomic E-state index is -0.295. The lowest BCUT2D eigenvalue weighted by molar-refractivity contribution is 0.0954. The van der Waals surface area contributed by atoms with Gasteiger partial charge in [-0.3, -0.25) is 4.79 Å². The Labute approximate surface area is 167 Å². The fraction of sp³-hybridized carbons (Fsp3) is 0.522. The summed E-state index contributed by atoms with van der Waals surface area (Å²) >= 11 is 0. The Balaban J connectivity index is 1.28. The molecule has 0 aromatic heterocycles. The van der Waals surface area contributed by atoms with E-state index in [2.05, 4.69) is 16.0 Å². The quantitative estimate of drug-likeness (QED) is 0.542. The van der Waals surface area contributed by atoms with Gasteiger partial charge in [-0.2, -0.15) is 0 Å². The Morgan fingerprint density at radius 2 is 1.64 bits per heavy atom. The third-order valence-electron chi connectivity index (χ3n) is 5.52. The van der Waals surface area contributed by atoms with Gasteiger partial charge in [0.25, 0.3) is 5.91 Å². The van der Waals surface area contributed by atoms with Crippen LogP contribution in [0.4, 0.5) is 4.39 Å². The van der Waals surface area contributed by atoms with Gasteiger partial charge in [0.15, 0.2) is 0 Å². The maximum absolute atomic E-state index is 13.9. The normalized spacial score (nSPS) is 15.0. The lowest BCUT2D eigenvalue weighted by atomic mass is 9.95. The van der Waals surface area contributed by atoms with Crippen molar-refractivity contribution in [1.29, 1.82) is 0 Å². The van der Waals surface area contributed by atoms with Gasteiger partial charge in [0.1, 0.15) is 5.82 Å². The maximum Gasteiger partial charge on any atom is 0.251 e. The van der Waals surface area contributed by atoms with Crippen LogP contribution in [0.1, 0.15) is 55.3 Å². The highest BCUT2D eigenvalue weighted by Gasteiger charge is 2.12. The molecule has 1 fully saturated rings. The van der Waals surface area contributed by atoms with Crippen LogP contribution < -0.4 is 16.0 Å². The number of rotatable bonds is 10. The van der Waals surface area contributed by atoms with Gasteiger partial charge >= 0.3 is 0 Å². The number of hydrogen-bond donors (Lipinski definition) is 3. The molecule has 2 aromatic carbocycles. The SMILES string of the molecule is O=C(NCCCCNCCNC1CCCCC1)c1ccc(F)c2ccccc12. The van der Waals surface area contributed by atoms with Crippen molar-refractivity contribution in [2.75, 3.05) is 26.2 Å². The zero-order valence-corrected chi connectivity index (χ0v) is 16.6. The third-order valence-corrected chi connectivity index (χ3v) is 5.52. The summed E-state index contributed by atoms with van der Waals surface area (Å²) < 4.78 is 13.9. The number of benzene rings is 2. The summed E-state index contributed by atoms with van der Waals surface area (Å²) in [5.41, 5.74) is 0.531. The van der Waals surface area contributed by atoms with Crippen LogP contribution in [0.5, 0.6) is 0 Å². The molecule has 1 amide bonds. The fourth-order valence-corrected chi connectivity index (χ4v) is 3.93. The molecule has 1 aliphatic rings. The van der Waals surface area contributed by atoms with Gasteiger partial charge in [0.05, 0.1) is 0 Å². The molecule has 0 aliphatic heterocycles. The standard InChI is InChI=1S/C23H32FN3O/c24-22-13-12-21(19-10-4-5-11-20(19)22)23(28)27-15-7-6-14-25-16-17-26-18-8-2-1-3-9-18/h4-5,10-13,18,25-26H,1-3,6-9,14-17H2,(H,27,28). The van der Waals surface area contributed by atoms with Crippen molar-refractivity contribution >= 4 is 16.7 Å². The van der Waals surface area contributed by atoms with Crippen LogP contribution in [0, 0.1) is 5.82 Å². The van der Waals surface area contributed by atoms with Crippen LogP contribution in [0.25, 0.3) is 10.8 Å². The molecule has 0 bridgehead atoms. The van der Waals surface area contributed by atoms with Gasteiger partial charge in [-0.25, -0.2) is 4.39 Å². The topological polar surface area (TPSA) is 53.2 Å². The second kappa shape index (κ2) is 11.1. The van der Waals surface area contributed by atoms with Gasteiger partial charge in [-0.05, 0) is 49.7 Å². The summed E-state index contributed by atoms with van der Waals surface area (Å²) in [5.74, 6) is -0.433. The van der Waals surface area contributed by atoms with E-state index >= 15 is 0 Å². The van der Waals surface area contributed by atoms with Crippen LogP contribution in [0.15, 0.2) is 36.4 Å². The van der Waals surface area contributed by atoms with Crippen molar-refractivity contribution in [2.24, 2.45) is 0 Å². The van der Waals surface area contributed by atoms with E-state index in [1.165, 1.54) is 38.2 Å². The summed E-state index contributed by atoms with van der Waals surface area (Å²) in [4.78, 5) is 12.4. The van der Waals surface area contributed by atoms with Gasteiger partial charge < -0.3 is 16.0 Å². The van der Waals surface area contributed by atoms with Gasteiger partial charge in [0.2, 0.25) is 0 Å². The van der Waals surface area contributed by atoms with Crippen molar-refractivity contribution < 1.29 is 9.18 Å². The Kier molecular flexibility index (Phi) is 8.24. The molecule has 0 unspecified atom stereocenters. The lowest BCUT2D eigenvalue weighted by Gasteiger charge is -2.22. The minimum Gasteiger partial charge on any atom is -0.352 e. The second-order valence-corrected chi connectivity index (χ2v) is 7.64. The van der Waals surface area contributed by atoms with Crippen LogP contribution in [0.3, 0.4) is 0 Å². The van der Waals surface area contributed by atoms with E-state index in [9.17, 15) is 9.18 Å². The van der Waals surface area contributed by atoms with Crippen LogP contribution in [-0.2, 0) is 0 Å². The average molecular weight is 386 g/mol. The molecular weight excluding hydrogens is 353 g/mol. The van der Waals surface area contributed by atoms with Crippen LogP contribution in [-0.4, -0.2) is 38.1 Å². The van der Waals surface area contributed by atoms with Gasteiger partial charge in [0, 0.05) is 36.6 Å². The molecule has 0 saturated heterocycles. The molecular formula is C23H32FN3O. The van der Waals surface area contributed by atoms with Crippen molar-refractivity contribution in [1.82, 2.24) is 16.0 Å². The maximum atomic E-state index is 13.9. The first-order valence-electron chi connectivity index (χ1n) is 10.7. The monoisotopic (exact) mass is 385 g/mol. The molecule has 152 valence electrons. The molecule has 1 saturated carbocycles. The van der Waals surface area contributed by atoms with E-state index in [1.54, 1.807) is 24.3 Å². The Morgan fingerprint density at radius 1 is 0.893 bits per heavy atom. The summed E-state index contributed by atoms with van der Waals surface area (Å²) in [6.07, 6.45) is 8.72. The first kappa shape index (κ1) is 20.7. The van der Waals surface area contributed by atoms with Crippen molar-refractivity contribution in [3.05, 3.63) is 47.8 Å². The highest BCUT2D eigenvalue weighted by Crippen LogP contribution is 2.21. The molecule has 0 heterocycles. The van der Waals surface area contributed by atoms with E-state index in [4.69, 9.17) is 0 Å². The molecule has 3 rings (SSSR count). The largest absolute Gasteiger partial charge is 0.352 e. The molecule has 0 atom stereocenters. The van der Waals surface area contributed by atoms with Crippen molar-refractivity contribution in [3.63, 3.8) is 0 Å². The minimum absolute atomic E-state index is 0.138. The lowest BCUT2D eigenvalue weighted by Crippen LogP contribution is -2.36. The molecule has 1 aliphatic carbocycles. The number of unbranched alkanes of at least 4 members (excludes halogenated alkanes) is 1. The van der Waals surface area contributed by atoms with Crippen LogP contribution in [0.2, 0.25) is 0 Å². The number of hydrogen-bond acceptors (Lipinski definition) is 3. The van der Waals surface area contributed by atoms with E-state index in [0.29, 0.717) is 28.9 Å². The van der Waals surface area contributed by atoms with E-state index < -0.39 is 0 Å². The second-order valence-electron chi connectivity index (χ2n) is 7.64. The number of carbonyl (C=O) groups is 1. The summed E-state index contributed by atoms with van der Waals surface area (Å²) in [5, 5.41) is 11.2. The average Bonchev–Trinajstić information content (AvgIpc) is 2.73. The van der Waals surface area contributed by atoms with Crippen LogP contribution >= 0.6 is 0 Å². The summed E-state index contributed by atoms with van der Waals surface area (Å²) in [6, 6.07) is 10.7. The van der Waals surface area contributed by atoms with Gasteiger partial charge in [-0.15, -0.1) is 0 Å². The molecule has 4 nitrogen and oxygen atoms in total. The molecule has 2 aromatic rings.